The van der Waals surface area contributed by atoms with Crippen LogP contribution in [-0.2, 0) is 6.42 Å². The van der Waals surface area contributed by atoms with Gasteiger partial charge in [-0.05, 0) is 56.5 Å². The van der Waals surface area contributed by atoms with Crippen molar-refractivity contribution in [1.29, 1.82) is 0 Å². The third-order valence-corrected chi connectivity index (χ3v) is 5.26. The molecule has 0 amide bonds. The number of aryl methyl sites for hydroxylation is 1. The predicted octanol–water partition coefficient (Wildman–Crippen LogP) is 6.37. The molecule has 4 nitrogen and oxygen atoms in total. The third-order valence-electron chi connectivity index (χ3n) is 4.19. The van der Waals surface area contributed by atoms with Crippen LogP contribution in [-0.4, -0.2) is 32.3 Å². The number of halogens is 6. The lowest BCUT2D eigenvalue weighted by molar-refractivity contribution is 0.865. The van der Waals surface area contributed by atoms with Crippen LogP contribution in [0.5, 0.6) is 0 Å². The SMILES string of the molecule is CCN(CC)c1ccc(CC=C2N=C(C(Cl)(Cl)Cl)NC(C(Cl)(Cl)Cl)=N2)c(C)c1. The predicted molar refractivity (Wildman–Crippen MR) is 125 cm³/mol. The lowest BCUT2D eigenvalue weighted by Gasteiger charge is -2.25. The van der Waals surface area contributed by atoms with Gasteiger partial charge in [-0.15, -0.1) is 0 Å². The first-order chi connectivity index (χ1) is 13.0. The second kappa shape index (κ2) is 9.63. The Morgan fingerprint density at radius 2 is 1.50 bits per heavy atom. The minimum absolute atomic E-state index is 0.0219. The van der Waals surface area contributed by atoms with E-state index in [2.05, 4.69) is 59.2 Å². The molecule has 0 aliphatic carbocycles. The van der Waals surface area contributed by atoms with Crippen LogP contribution in [0, 0.1) is 6.92 Å². The summed E-state index contributed by atoms with van der Waals surface area (Å²) in [6.45, 7) is 8.24. The van der Waals surface area contributed by atoms with Crippen molar-refractivity contribution in [3.05, 3.63) is 41.2 Å². The number of nitrogens with zero attached hydrogens (tertiary/aromatic N) is 3. The topological polar surface area (TPSA) is 40.0 Å². The van der Waals surface area contributed by atoms with Gasteiger partial charge in [0.1, 0.15) is 0 Å². The Bertz CT molecular complexity index is 769. The van der Waals surface area contributed by atoms with Gasteiger partial charge in [-0.2, -0.15) is 0 Å². The molecule has 1 aliphatic heterocycles. The molecule has 1 heterocycles. The fourth-order valence-electron chi connectivity index (χ4n) is 2.68. The number of aliphatic imine (C=N–C) groups is 2. The second-order valence-corrected chi connectivity index (χ2v) is 10.7. The maximum Gasteiger partial charge on any atom is 0.248 e. The average Bonchev–Trinajstić information content (AvgIpc) is 2.60. The maximum absolute atomic E-state index is 5.93. The normalized spacial score (nSPS) is 15.0. The van der Waals surface area contributed by atoms with Gasteiger partial charge in [0.05, 0.1) is 0 Å². The average molecular weight is 505 g/mol. The van der Waals surface area contributed by atoms with Crippen LogP contribution in [0.15, 0.2) is 40.1 Å². The van der Waals surface area contributed by atoms with Crippen molar-refractivity contribution in [3.8, 4) is 0 Å². The quantitative estimate of drug-likeness (QED) is 0.473. The zero-order chi connectivity index (χ0) is 21.1. The summed E-state index contributed by atoms with van der Waals surface area (Å²) in [5.41, 5.74) is 3.47. The van der Waals surface area contributed by atoms with Gasteiger partial charge < -0.3 is 10.2 Å². The minimum Gasteiger partial charge on any atom is -0.372 e. The van der Waals surface area contributed by atoms with Crippen molar-refractivity contribution in [1.82, 2.24) is 5.32 Å². The maximum atomic E-state index is 5.93. The summed E-state index contributed by atoms with van der Waals surface area (Å²) in [6, 6.07) is 6.35. The number of benzene rings is 1. The number of hydrogen-bond donors (Lipinski definition) is 1. The fraction of sp³-hybridized carbons (Fsp3) is 0.444. The van der Waals surface area contributed by atoms with E-state index in [1.807, 2.05) is 0 Å². The van der Waals surface area contributed by atoms with Crippen molar-refractivity contribution in [2.75, 3.05) is 18.0 Å². The minimum atomic E-state index is -1.81. The summed E-state index contributed by atoms with van der Waals surface area (Å²) in [5, 5.41) is 2.67. The van der Waals surface area contributed by atoms with Crippen LogP contribution >= 0.6 is 69.6 Å². The van der Waals surface area contributed by atoms with Gasteiger partial charge in [0.25, 0.3) is 0 Å². The number of nitrogens with one attached hydrogen (secondary N) is 1. The number of hydrogen-bond acceptors (Lipinski definition) is 4. The standard InChI is InChI=1S/C18H20Cl6N4/c1-4-28(5-2)13-8-6-12(11(3)10-13)7-9-14-25-15(17(19,20)21)27-16(26-14)18(22,23)24/h6,8-10H,4-5,7H2,1-3H3,(H,25,26,27). The Balaban J connectivity index is 2.31. The summed E-state index contributed by atoms with van der Waals surface area (Å²) >= 11 is 35.6. The first kappa shape index (κ1) is 23.9. The van der Waals surface area contributed by atoms with E-state index in [0.29, 0.717) is 12.2 Å². The van der Waals surface area contributed by atoms with Crippen molar-refractivity contribution < 1.29 is 0 Å². The molecule has 0 radical (unpaired) electrons. The van der Waals surface area contributed by atoms with E-state index < -0.39 is 7.59 Å². The summed E-state index contributed by atoms with van der Waals surface area (Å²) in [6.07, 6.45) is 2.38. The highest BCUT2D eigenvalue weighted by atomic mass is 35.6. The first-order valence-electron chi connectivity index (χ1n) is 8.59. The summed E-state index contributed by atoms with van der Waals surface area (Å²) in [7, 11) is 0. The van der Waals surface area contributed by atoms with E-state index in [-0.39, 0.29) is 11.7 Å². The largest absolute Gasteiger partial charge is 0.372 e. The van der Waals surface area contributed by atoms with Crippen molar-refractivity contribution >= 4 is 87.0 Å². The van der Waals surface area contributed by atoms with Gasteiger partial charge in [-0.25, -0.2) is 9.98 Å². The van der Waals surface area contributed by atoms with Crippen LogP contribution in [0.2, 0.25) is 0 Å². The smallest absolute Gasteiger partial charge is 0.248 e. The summed E-state index contributed by atoms with van der Waals surface area (Å²) in [4.78, 5) is 10.8. The molecule has 1 aromatic carbocycles. The van der Waals surface area contributed by atoms with E-state index in [9.17, 15) is 0 Å². The molecule has 0 saturated heterocycles. The number of allylic oxidation sites excluding steroid dienone is 1. The fourth-order valence-corrected chi connectivity index (χ4v) is 3.21. The van der Waals surface area contributed by atoms with E-state index in [4.69, 9.17) is 69.6 Å². The number of rotatable bonds is 5. The highest BCUT2D eigenvalue weighted by Gasteiger charge is 2.37. The highest BCUT2D eigenvalue weighted by molar-refractivity contribution is 6.79. The molecule has 1 aliphatic rings. The van der Waals surface area contributed by atoms with Gasteiger partial charge in [-0.1, -0.05) is 75.7 Å². The summed E-state index contributed by atoms with van der Waals surface area (Å²) < 4.78 is -3.62. The van der Waals surface area contributed by atoms with E-state index >= 15 is 0 Å². The van der Waals surface area contributed by atoms with Crippen molar-refractivity contribution in [3.63, 3.8) is 0 Å². The van der Waals surface area contributed by atoms with E-state index in [1.54, 1.807) is 6.08 Å². The van der Waals surface area contributed by atoms with Crippen LogP contribution < -0.4 is 10.2 Å². The molecular formula is C18H20Cl6N4. The van der Waals surface area contributed by atoms with E-state index in [0.717, 1.165) is 24.2 Å². The molecule has 0 spiro atoms. The molecule has 0 aromatic heterocycles. The monoisotopic (exact) mass is 502 g/mol. The Hall–Kier alpha value is -0.360. The van der Waals surface area contributed by atoms with Crippen molar-refractivity contribution in [2.45, 2.75) is 34.8 Å². The van der Waals surface area contributed by atoms with Crippen LogP contribution in [0.4, 0.5) is 5.69 Å². The molecule has 1 aromatic rings. The molecule has 0 bridgehead atoms. The van der Waals surface area contributed by atoms with Crippen LogP contribution in [0.25, 0.3) is 0 Å². The number of anilines is 1. The summed E-state index contributed by atoms with van der Waals surface area (Å²) in [5.74, 6) is 0.343. The zero-order valence-electron chi connectivity index (χ0n) is 15.5. The van der Waals surface area contributed by atoms with Gasteiger partial charge in [0.15, 0.2) is 17.5 Å². The molecule has 1 N–H and O–H groups in total. The Labute approximate surface area is 195 Å². The third kappa shape index (κ3) is 6.32. The molecular weight excluding hydrogens is 485 g/mol. The van der Waals surface area contributed by atoms with Gasteiger partial charge in [-0.3, -0.25) is 0 Å². The lowest BCUT2D eigenvalue weighted by atomic mass is 10.0. The zero-order valence-corrected chi connectivity index (χ0v) is 20.1. The molecule has 0 saturated carbocycles. The molecule has 2 rings (SSSR count). The molecule has 0 atom stereocenters. The van der Waals surface area contributed by atoms with Crippen molar-refractivity contribution in [2.24, 2.45) is 9.98 Å². The Morgan fingerprint density at radius 1 is 0.964 bits per heavy atom. The Kier molecular flexibility index (Phi) is 8.23. The number of amidine groups is 2. The first-order valence-corrected chi connectivity index (χ1v) is 10.9. The molecule has 0 unspecified atom stereocenters. The second-order valence-electron chi connectivity index (χ2n) is 6.09. The lowest BCUT2D eigenvalue weighted by Crippen LogP contribution is -2.46. The van der Waals surface area contributed by atoms with Gasteiger partial charge >= 0.3 is 0 Å². The van der Waals surface area contributed by atoms with Crippen LogP contribution in [0.1, 0.15) is 25.0 Å². The van der Waals surface area contributed by atoms with Gasteiger partial charge in [0, 0.05) is 18.8 Å². The molecule has 28 heavy (non-hydrogen) atoms. The Morgan fingerprint density at radius 3 is 1.93 bits per heavy atom. The molecule has 10 heteroatoms. The highest BCUT2D eigenvalue weighted by Crippen LogP contribution is 2.33. The van der Waals surface area contributed by atoms with E-state index in [1.165, 1.54) is 5.69 Å². The number of alkyl halides is 6. The van der Waals surface area contributed by atoms with Gasteiger partial charge in [0.2, 0.25) is 7.59 Å². The van der Waals surface area contributed by atoms with Crippen LogP contribution in [0.3, 0.4) is 0 Å². The molecule has 154 valence electrons. The molecule has 0 fully saturated rings.